The van der Waals surface area contributed by atoms with Crippen LogP contribution in [0.15, 0.2) is 0 Å². The summed E-state index contributed by atoms with van der Waals surface area (Å²) in [7, 11) is 0. The molecule has 0 rings (SSSR count). The number of carbonyl (C=O) groups excluding carboxylic acids is 1. The summed E-state index contributed by atoms with van der Waals surface area (Å²) < 4.78 is 0. The summed E-state index contributed by atoms with van der Waals surface area (Å²) in [6.45, 7) is 0.273. The SMILES string of the molecule is CC(=O)[C@@H](O)[C@H](O)[C@@H](O)[C@@H](O)CO. The highest BCUT2D eigenvalue weighted by atomic mass is 16.4. The van der Waals surface area contributed by atoms with Crippen molar-refractivity contribution in [3.8, 4) is 0 Å². The number of rotatable bonds is 5. The van der Waals surface area contributed by atoms with Crippen LogP contribution in [0.5, 0.6) is 0 Å². The summed E-state index contributed by atoms with van der Waals surface area (Å²) in [5.41, 5.74) is 0. The molecule has 6 nitrogen and oxygen atoms in total. The number of ketones is 1. The minimum absolute atomic E-state index is 0.725. The molecule has 0 aliphatic rings. The van der Waals surface area contributed by atoms with E-state index in [2.05, 4.69) is 0 Å². The van der Waals surface area contributed by atoms with E-state index in [1.54, 1.807) is 0 Å². The number of aliphatic hydroxyl groups excluding tert-OH is 5. The van der Waals surface area contributed by atoms with Gasteiger partial charge in [-0.2, -0.15) is 0 Å². The molecule has 0 aromatic carbocycles. The van der Waals surface area contributed by atoms with E-state index in [-0.39, 0.29) is 0 Å². The van der Waals surface area contributed by atoms with Gasteiger partial charge in [0.2, 0.25) is 0 Å². The highest BCUT2D eigenvalue weighted by Crippen LogP contribution is 2.05. The predicted molar refractivity (Wildman–Crippen MR) is 41.8 cm³/mol. The third kappa shape index (κ3) is 3.37. The fourth-order valence-corrected chi connectivity index (χ4v) is 0.763. The van der Waals surface area contributed by atoms with Gasteiger partial charge < -0.3 is 25.5 Å². The van der Waals surface area contributed by atoms with Gasteiger partial charge in [-0.3, -0.25) is 4.79 Å². The van der Waals surface area contributed by atoms with Crippen LogP contribution in [-0.2, 0) is 4.79 Å². The lowest BCUT2D eigenvalue weighted by Crippen LogP contribution is -2.48. The van der Waals surface area contributed by atoms with Crippen LogP contribution in [-0.4, -0.2) is 62.3 Å². The van der Waals surface area contributed by atoms with Gasteiger partial charge in [-0.05, 0) is 6.92 Å². The normalized spacial score (nSPS) is 20.5. The van der Waals surface area contributed by atoms with E-state index in [1.165, 1.54) is 0 Å². The van der Waals surface area contributed by atoms with E-state index in [0.717, 1.165) is 6.92 Å². The topological polar surface area (TPSA) is 118 Å². The van der Waals surface area contributed by atoms with Crippen molar-refractivity contribution in [1.82, 2.24) is 0 Å². The quantitative estimate of drug-likeness (QED) is 0.318. The van der Waals surface area contributed by atoms with E-state index in [0.29, 0.717) is 0 Å². The van der Waals surface area contributed by atoms with Crippen LogP contribution >= 0.6 is 0 Å². The maximum Gasteiger partial charge on any atom is 0.160 e. The predicted octanol–water partition coefficient (Wildman–Crippen LogP) is -2.99. The summed E-state index contributed by atoms with van der Waals surface area (Å²) in [6.07, 6.45) is -6.87. The number of aliphatic hydroxyl groups is 5. The first-order chi connectivity index (χ1) is 5.91. The standard InChI is InChI=1S/C7H14O6/c1-3(9)5(11)7(13)6(12)4(10)2-8/h4-8,10-13H,2H2,1H3/t4-,5+,6-,7-/m0/s1. The Morgan fingerprint density at radius 2 is 1.62 bits per heavy atom. The molecule has 0 aliphatic carbocycles. The average Bonchev–Trinajstić information content (AvgIpc) is 2.12. The zero-order valence-electron chi connectivity index (χ0n) is 7.16. The minimum atomic E-state index is -1.79. The van der Waals surface area contributed by atoms with Crippen LogP contribution in [0.25, 0.3) is 0 Å². The molecular formula is C7H14O6. The summed E-state index contributed by atoms with van der Waals surface area (Å²) >= 11 is 0. The van der Waals surface area contributed by atoms with Gasteiger partial charge >= 0.3 is 0 Å². The van der Waals surface area contributed by atoms with Crippen LogP contribution in [0.2, 0.25) is 0 Å². The number of hydrogen-bond acceptors (Lipinski definition) is 6. The van der Waals surface area contributed by atoms with Crippen molar-refractivity contribution in [2.24, 2.45) is 0 Å². The Kier molecular flexibility index (Phi) is 5.04. The lowest BCUT2D eigenvalue weighted by atomic mass is 10.0. The molecule has 0 aliphatic heterocycles. The molecule has 0 saturated carbocycles. The van der Waals surface area contributed by atoms with Crippen molar-refractivity contribution >= 4 is 5.78 Å². The van der Waals surface area contributed by atoms with Gasteiger partial charge in [0.25, 0.3) is 0 Å². The zero-order chi connectivity index (χ0) is 10.6. The zero-order valence-corrected chi connectivity index (χ0v) is 7.16. The van der Waals surface area contributed by atoms with Crippen molar-refractivity contribution in [3.05, 3.63) is 0 Å². The second kappa shape index (κ2) is 5.25. The summed E-state index contributed by atoms with van der Waals surface area (Å²) in [4.78, 5) is 10.5. The molecule has 0 spiro atoms. The Morgan fingerprint density at radius 3 is 1.92 bits per heavy atom. The molecule has 0 bridgehead atoms. The van der Waals surface area contributed by atoms with Crippen molar-refractivity contribution < 1.29 is 30.3 Å². The van der Waals surface area contributed by atoms with Gasteiger partial charge in [-0.25, -0.2) is 0 Å². The molecule has 0 fully saturated rings. The van der Waals surface area contributed by atoms with Crippen LogP contribution in [0.4, 0.5) is 0 Å². The maximum atomic E-state index is 10.5. The summed E-state index contributed by atoms with van der Waals surface area (Å²) in [6, 6.07) is 0. The number of hydrogen-bond donors (Lipinski definition) is 5. The van der Waals surface area contributed by atoms with Gasteiger partial charge in [-0.1, -0.05) is 0 Å². The monoisotopic (exact) mass is 194 g/mol. The molecule has 6 heteroatoms. The van der Waals surface area contributed by atoms with Gasteiger partial charge in [-0.15, -0.1) is 0 Å². The third-order valence-corrected chi connectivity index (χ3v) is 1.67. The first kappa shape index (κ1) is 12.5. The summed E-state index contributed by atoms with van der Waals surface area (Å²) in [5, 5.41) is 44.3. The Hall–Kier alpha value is -0.530. The van der Waals surface area contributed by atoms with Crippen molar-refractivity contribution in [2.75, 3.05) is 6.61 Å². The van der Waals surface area contributed by atoms with E-state index in [1.807, 2.05) is 0 Å². The van der Waals surface area contributed by atoms with Crippen LogP contribution < -0.4 is 0 Å². The molecule has 0 amide bonds. The Labute approximate surface area is 75.1 Å². The van der Waals surface area contributed by atoms with Crippen molar-refractivity contribution in [3.63, 3.8) is 0 Å². The fourth-order valence-electron chi connectivity index (χ4n) is 0.763. The average molecular weight is 194 g/mol. The smallest absolute Gasteiger partial charge is 0.160 e. The highest BCUT2D eigenvalue weighted by Gasteiger charge is 2.32. The number of Topliss-reactive ketones (excluding diaryl/α,β-unsaturated/α-hetero) is 1. The van der Waals surface area contributed by atoms with Crippen LogP contribution in [0.1, 0.15) is 6.92 Å². The maximum absolute atomic E-state index is 10.5. The molecule has 0 radical (unpaired) electrons. The molecule has 0 heterocycles. The highest BCUT2D eigenvalue weighted by molar-refractivity contribution is 5.80. The minimum Gasteiger partial charge on any atom is -0.394 e. The Morgan fingerprint density at radius 1 is 1.15 bits per heavy atom. The lowest BCUT2D eigenvalue weighted by molar-refractivity contribution is -0.145. The van der Waals surface area contributed by atoms with Crippen molar-refractivity contribution in [2.45, 2.75) is 31.3 Å². The Bertz CT molecular complexity index is 170. The molecule has 78 valence electrons. The molecule has 4 atom stereocenters. The lowest BCUT2D eigenvalue weighted by Gasteiger charge is -2.23. The molecule has 5 N–H and O–H groups in total. The van der Waals surface area contributed by atoms with Gasteiger partial charge in [0.1, 0.15) is 24.4 Å². The molecular weight excluding hydrogens is 180 g/mol. The van der Waals surface area contributed by atoms with E-state index < -0.39 is 36.8 Å². The second-order valence-corrected chi connectivity index (χ2v) is 2.79. The fraction of sp³-hybridized carbons (Fsp3) is 0.857. The molecule has 0 aromatic heterocycles. The molecule has 13 heavy (non-hydrogen) atoms. The number of carbonyl (C=O) groups is 1. The van der Waals surface area contributed by atoms with Crippen molar-refractivity contribution in [1.29, 1.82) is 0 Å². The van der Waals surface area contributed by atoms with Crippen LogP contribution in [0.3, 0.4) is 0 Å². The molecule has 0 saturated heterocycles. The first-order valence-electron chi connectivity index (χ1n) is 3.75. The first-order valence-corrected chi connectivity index (χ1v) is 3.75. The van der Waals surface area contributed by atoms with E-state index in [4.69, 9.17) is 25.5 Å². The van der Waals surface area contributed by atoms with Gasteiger partial charge in [0.05, 0.1) is 6.61 Å². The van der Waals surface area contributed by atoms with Crippen LogP contribution in [0, 0.1) is 0 Å². The third-order valence-electron chi connectivity index (χ3n) is 1.67. The summed E-state index contributed by atoms with van der Waals surface area (Å²) in [5.74, 6) is -0.725. The van der Waals surface area contributed by atoms with Gasteiger partial charge in [0, 0.05) is 0 Å². The molecule has 0 aromatic rings. The van der Waals surface area contributed by atoms with E-state index >= 15 is 0 Å². The Balaban J connectivity index is 4.24. The molecule has 0 unspecified atom stereocenters. The van der Waals surface area contributed by atoms with E-state index in [9.17, 15) is 4.79 Å². The second-order valence-electron chi connectivity index (χ2n) is 2.79. The largest absolute Gasteiger partial charge is 0.394 e. The van der Waals surface area contributed by atoms with Gasteiger partial charge in [0.15, 0.2) is 5.78 Å².